The molecular formula is C16H13BrF3N5O2. The second kappa shape index (κ2) is 7.91. The van der Waals surface area contributed by atoms with Crippen LogP contribution in [-0.2, 0) is 4.74 Å². The summed E-state index contributed by atoms with van der Waals surface area (Å²) in [5.41, 5.74) is 5.86. The van der Waals surface area contributed by atoms with Crippen LogP contribution < -0.4 is 11.1 Å². The molecule has 27 heavy (non-hydrogen) atoms. The number of ether oxygens (including phenoxy) is 1. The van der Waals surface area contributed by atoms with Crippen LogP contribution in [0.5, 0.6) is 0 Å². The van der Waals surface area contributed by atoms with Crippen molar-refractivity contribution in [1.82, 2.24) is 9.97 Å². The van der Waals surface area contributed by atoms with Gasteiger partial charge in [-0.05, 0) is 46.1 Å². The minimum atomic E-state index is -2.97. The predicted molar refractivity (Wildman–Crippen MR) is 93.9 cm³/mol. The van der Waals surface area contributed by atoms with Crippen LogP contribution in [0, 0.1) is 5.82 Å². The Hall–Kier alpha value is -2.69. The zero-order valence-electron chi connectivity index (χ0n) is 13.6. The number of aromatic nitrogens is 2. The van der Waals surface area contributed by atoms with Gasteiger partial charge in [-0.15, -0.1) is 0 Å². The number of benzene rings is 1. The maximum Gasteiger partial charge on any atom is 0.336 e. The van der Waals surface area contributed by atoms with Gasteiger partial charge in [0, 0.05) is 24.0 Å². The molecule has 142 valence electrons. The quantitative estimate of drug-likeness (QED) is 0.420. The Bertz CT molecular complexity index is 879. The van der Waals surface area contributed by atoms with Crippen molar-refractivity contribution in [2.24, 2.45) is 10.7 Å². The molecule has 1 aliphatic rings. The molecule has 1 amide bonds. The molecule has 0 bridgehead atoms. The van der Waals surface area contributed by atoms with Gasteiger partial charge in [0.25, 0.3) is 11.9 Å². The third kappa shape index (κ3) is 4.94. The molecule has 1 aromatic heterocycles. The number of anilines is 1. The molecule has 2 aromatic rings. The number of nitrogens with one attached hydrogen (secondary N) is 1. The number of nitrogens with zero attached hydrogens (tertiary/aromatic N) is 3. The molecule has 1 heterocycles. The van der Waals surface area contributed by atoms with Crippen molar-refractivity contribution in [1.29, 1.82) is 0 Å². The van der Waals surface area contributed by atoms with E-state index in [0.717, 1.165) is 0 Å². The van der Waals surface area contributed by atoms with E-state index in [-0.39, 0.29) is 17.3 Å². The Morgan fingerprint density at radius 3 is 2.74 bits per heavy atom. The van der Waals surface area contributed by atoms with Crippen LogP contribution >= 0.6 is 15.9 Å². The number of amidine groups is 1. The van der Waals surface area contributed by atoms with E-state index in [1.807, 2.05) is 0 Å². The summed E-state index contributed by atoms with van der Waals surface area (Å²) in [4.78, 5) is 22.7. The molecule has 2 atom stereocenters. The predicted octanol–water partition coefficient (Wildman–Crippen LogP) is 3.04. The third-order valence-electron chi connectivity index (χ3n) is 3.71. The minimum absolute atomic E-state index is 0.0484. The van der Waals surface area contributed by atoms with Crippen molar-refractivity contribution < 1.29 is 22.7 Å². The SMILES string of the molecule is N/C(=N/C(F)F)O[C@@H]1C[C@@H]1c1cc(NC(=O)c2ncc(Br)cn2)ccc1F. The summed E-state index contributed by atoms with van der Waals surface area (Å²) in [6.45, 7) is -2.97. The molecular weight excluding hydrogens is 431 g/mol. The van der Waals surface area contributed by atoms with E-state index in [2.05, 4.69) is 36.2 Å². The lowest BCUT2D eigenvalue weighted by Gasteiger charge is -2.09. The topological polar surface area (TPSA) is 102 Å². The summed E-state index contributed by atoms with van der Waals surface area (Å²) in [5, 5.41) is 2.58. The van der Waals surface area contributed by atoms with Gasteiger partial charge in [0.1, 0.15) is 11.9 Å². The van der Waals surface area contributed by atoms with Gasteiger partial charge in [-0.2, -0.15) is 13.8 Å². The zero-order chi connectivity index (χ0) is 19.6. The van der Waals surface area contributed by atoms with E-state index in [1.54, 1.807) is 0 Å². The summed E-state index contributed by atoms with van der Waals surface area (Å²) >= 11 is 3.17. The second-order valence-corrected chi connectivity index (χ2v) is 6.57. The summed E-state index contributed by atoms with van der Waals surface area (Å²) in [6, 6.07) is 3.38. The lowest BCUT2D eigenvalue weighted by molar-refractivity contribution is 0.101. The average molecular weight is 444 g/mol. The summed E-state index contributed by atoms with van der Waals surface area (Å²) < 4.78 is 44.0. The smallest absolute Gasteiger partial charge is 0.336 e. The fourth-order valence-corrected chi connectivity index (χ4v) is 2.64. The molecule has 1 fully saturated rings. The van der Waals surface area contributed by atoms with Crippen LogP contribution in [0.4, 0.5) is 18.9 Å². The molecule has 3 N–H and O–H groups in total. The Balaban J connectivity index is 1.68. The van der Waals surface area contributed by atoms with Crippen molar-refractivity contribution >= 4 is 33.5 Å². The number of rotatable bonds is 5. The summed E-state index contributed by atoms with van der Waals surface area (Å²) in [7, 11) is 0. The standard InChI is InChI=1S/C16H13BrF3N5O2/c17-7-5-22-13(23-6-7)14(26)24-8-1-2-11(18)9(3-8)10-4-12(10)27-16(21)25-15(19)20/h1-3,5-6,10,12,15H,4H2,(H2,21,25)(H,24,26)/t10-,12-/m1/s1. The van der Waals surface area contributed by atoms with Crippen LogP contribution in [0.25, 0.3) is 0 Å². The molecule has 7 nitrogen and oxygen atoms in total. The van der Waals surface area contributed by atoms with Crippen LogP contribution in [0.15, 0.2) is 40.1 Å². The Labute approximate surface area is 160 Å². The number of aliphatic imine (C=N–C) groups is 1. The fourth-order valence-electron chi connectivity index (χ4n) is 2.43. The first kappa shape index (κ1) is 19.1. The first-order valence-corrected chi connectivity index (χ1v) is 8.49. The van der Waals surface area contributed by atoms with Crippen molar-refractivity contribution in [3.8, 4) is 0 Å². The molecule has 1 aromatic carbocycles. The second-order valence-electron chi connectivity index (χ2n) is 5.66. The number of halogens is 4. The lowest BCUT2D eigenvalue weighted by Crippen LogP contribution is -2.19. The van der Waals surface area contributed by atoms with E-state index in [1.165, 1.54) is 30.6 Å². The number of amides is 1. The van der Waals surface area contributed by atoms with Gasteiger partial charge >= 0.3 is 6.55 Å². The Morgan fingerprint density at radius 1 is 1.37 bits per heavy atom. The van der Waals surface area contributed by atoms with Crippen molar-refractivity contribution in [2.75, 3.05) is 5.32 Å². The maximum absolute atomic E-state index is 14.1. The molecule has 0 unspecified atom stereocenters. The van der Waals surface area contributed by atoms with E-state index in [0.29, 0.717) is 16.6 Å². The molecule has 1 aliphatic carbocycles. The van der Waals surface area contributed by atoms with Gasteiger partial charge in [0.05, 0.1) is 4.47 Å². The van der Waals surface area contributed by atoms with Gasteiger partial charge in [-0.25, -0.2) is 14.4 Å². The third-order valence-corrected chi connectivity index (χ3v) is 4.12. The highest BCUT2D eigenvalue weighted by atomic mass is 79.9. The molecule has 0 radical (unpaired) electrons. The summed E-state index contributed by atoms with van der Waals surface area (Å²) in [5.74, 6) is -1.49. The van der Waals surface area contributed by atoms with Gasteiger partial charge < -0.3 is 15.8 Å². The van der Waals surface area contributed by atoms with Gasteiger partial charge in [-0.3, -0.25) is 4.79 Å². The van der Waals surface area contributed by atoms with Crippen molar-refractivity contribution in [3.63, 3.8) is 0 Å². The number of hydrogen-bond acceptors (Lipinski definition) is 5. The molecule has 0 saturated heterocycles. The van der Waals surface area contributed by atoms with E-state index >= 15 is 0 Å². The maximum atomic E-state index is 14.1. The van der Waals surface area contributed by atoms with Crippen LogP contribution in [-0.4, -0.2) is 34.6 Å². The highest BCUT2D eigenvalue weighted by Gasteiger charge is 2.43. The molecule has 0 spiro atoms. The largest absolute Gasteiger partial charge is 0.461 e. The van der Waals surface area contributed by atoms with E-state index in [4.69, 9.17) is 10.5 Å². The highest BCUT2D eigenvalue weighted by Crippen LogP contribution is 2.45. The number of carbonyl (C=O) groups excluding carboxylic acids is 1. The zero-order valence-corrected chi connectivity index (χ0v) is 15.2. The summed E-state index contributed by atoms with van der Waals surface area (Å²) in [6.07, 6.45) is 2.69. The fraction of sp³-hybridized carbons (Fsp3) is 0.250. The van der Waals surface area contributed by atoms with Crippen LogP contribution in [0.3, 0.4) is 0 Å². The Kier molecular flexibility index (Phi) is 5.59. The molecule has 3 rings (SSSR count). The number of alkyl halides is 2. The monoisotopic (exact) mass is 443 g/mol. The van der Waals surface area contributed by atoms with Crippen molar-refractivity contribution in [2.45, 2.75) is 25.0 Å². The number of hydrogen-bond donors (Lipinski definition) is 2. The number of carbonyl (C=O) groups is 1. The van der Waals surface area contributed by atoms with Gasteiger partial charge in [0.2, 0.25) is 5.82 Å². The average Bonchev–Trinajstić information content (AvgIpc) is 3.35. The van der Waals surface area contributed by atoms with Gasteiger partial charge in [-0.1, -0.05) is 0 Å². The molecule has 0 aliphatic heterocycles. The first-order valence-electron chi connectivity index (χ1n) is 7.70. The Morgan fingerprint density at radius 2 is 2.07 bits per heavy atom. The molecule has 11 heteroatoms. The van der Waals surface area contributed by atoms with Crippen LogP contribution in [0.1, 0.15) is 28.5 Å². The van der Waals surface area contributed by atoms with Gasteiger partial charge in [0.15, 0.2) is 0 Å². The highest BCUT2D eigenvalue weighted by molar-refractivity contribution is 9.10. The first-order chi connectivity index (χ1) is 12.8. The molecule has 1 saturated carbocycles. The van der Waals surface area contributed by atoms with E-state index in [9.17, 15) is 18.0 Å². The lowest BCUT2D eigenvalue weighted by atomic mass is 10.1. The van der Waals surface area contributed by atoms with Crippen LogP contribution in [0.2, 0.25) is 0 Å². The van der Waals surface area contributed by atoms with Crippen molar-refractivity contribution in [3.05, 3.63) is 52.3 Å². The normalized spacial score (nSPS) is 19.1. The number of nitrogens with two attached hydrogens (primary N) is 1. The minimum Gasteiger partial charge on any atom is -0.461 e. The van der Waals surface area contributed by atoms with E-state index < -0.39 is 30.4 Å².